The number of hydrazine groups is 1. The highest BCUT2D eigenvalue weighted by atomic mass is 16.3. The first-order valence-electron chi connectivity index (χ1n) is 11.6. The quantitative estimate of drug-likeness (QED) is 0.852. The van der Waals surface area contributed by atoms with E-state index in [1.165, 1.54) is 36.4 Å². The minimum absolute atomic E-state index is 0.0488. The van der Waals surface area contributed by atoms with Crippen LogP contribution in [0.25, 0.3) is 0 Å². The van der Waals surface area contributed by atoms with E-state index in [2.05, 4.69) is 0 Å². The first-order valence-corrected chi connectivity index (χ1v) is 7.07. The van der Waals surface area contributed by atoms with Crippen LogP contribution in [0, 0.1) is 5.92 Å². The van der Waals surface area contributed by atoms with E-state index >= 15 is 0 Å². The summed E-state index contributed by atoms with van der Waals surface area (Å²) in [4.78, 5) is 26.8. The van der Waals surface area contributed by atoms with E-state index < -0.39 is 43.7 Å². The topological polar surface area (TPSA) is 60.9 Å². The molecule has 0 aliphatic carbocycles. The molecular weight excluding hydrogens is 304 g/mol. The van der Waals surface area contributed by atoms with E-state index in [0.717, 1.165) is 10.0 Å². The molecule has 5 heteroatoms. The lowest BCUT2D eigenvalue weighted by Crippen LogP contribution is -2.41. The molecule has 1 heterocycles. The van der Waals surface area contributed by atoms with Crippen LogP contribution in [-0.2, 0) is 9.59 Å². The number of carbonyl (C=O) groups is 2. The molecule has 24 heavy (non-hydrogen) atoms. The number of nitrogens with zero attached hydrogens (tertiary/aromatic N) is 2. The third-order valence-electron chi connectivity index (χ3n) is 3.49. The van der Waals surface area contributed by atoms with Gasteiger partial charge in [-0.3, -0.25) is 9.59 Å². The maximum atomic E-state index is 13.4. The summed E-state index contributed by atoms with van der Waals surface area (Å²) in [6.07, 6.45) is -11.1. The van der Waals surface area contributed by atoms with E-state index in [4.69, 9.17) is 12.3 Å². The Kier molecular flexibility index (Phi) is 2.34. The standard InChI is InChI=1S/C19H20N2O3/c1-2-3-9-17-18(23)20(14-7-5-4-6-8-14)21(19(17)24)15-10-12-16(22)13-11-15/h4-8,10-13,17,22H,2-3,9H2,1H3/i1D3,2D2,3D2,9D2. The second-order valence-electron chi connectivity index (χ2n) is 4.98. The zero-order valence-electron chi connectivity index (χ0n) is 21.4. The molecule has 1 N–H and O–H groups in total. The van der Waals surface area contributed by atoms with Crippen LogP contribution in [0.1, 0.15) is 38.3 Å². The molecule has 3 rings (SSSR count). The van der Waals surface area contributed by atoms with Crippen LogP contribution in [0.3, 0.4) is 0 Å². The SMILES string of the molecule is [2H]C([2H])([2H])C([2H])([2H])C([2H])([2H])C([2H])([2H])C1C(=O)N(c2ccccc2)N(c2ccc(O)cc2)C1=O. The Bertz CT molecular complexity index is 1060. The lowest BCUT2D eigenvalue weighted by molar-refractivity contribution is -0.127. The number of carbonyl (C=O) groups excluding carboxylic acids is 2. The van der Waals surface area contributed by atoms with Crippen molar-refractivity contribution in [3.63, 3.8) is 0 Å². The van der Waals surface area contributed by atoms with Crippen molar-refractivity contribution in [2.45, 2.75) is 26.0 Å². The number of phenolic OH excluding ortho intramolecular Hbond substituents is 1. The number of phenols is 1. The Labute approximate surface area is 153 Å². The predicted molar refractivity (Wildman–Crippen MR) is 92.5 cm³/mol. The molecule has 0 aromatic heterocycles. The summed E-state index contributed by atoms with van der Waals surface area (Å²) in [6.45, 7) is -3.58. The monoisotopic (exact) mass is 333 g/mol. The highest BCUT2D eigenvalue weighted by Crippen LogP contribution is 2.34. The Morgan fingerprint density at radius 2 is 1.58 bits per heavy atom. The second kappa shape index (κ2) is 6.74. The van der Waals surface area contributed by atoms with Crippen LogP contribution >= 0.6 is 0 Å². The number of rotatable bonds is 5. The Morgan fingerprint density at radius 3 is 2.17 bits per heavy atom. The molecule has 1 aliphatic heterocycles. The summed E-state index contributed by atoms with van der Waals surface area (Å²) in [5.74, 6) is -4.95. The molecule has 5 nitrogen and oxygen atoms in total. The summed E-state index contributed by atoms with van der Waals surface area (Å²) in [5, 5.41) is 11.2. The fourth-order valence-electron chi connectivity index (χ4n) is 2.43. The molecule has 2 aromatic rings. The predicted octanol–water partition coefficient (Wildman–Crippen LogP) is 3.49. The van der Waals surface area contributed by atoms with Crippen LogP contribution in [-0.4, -0.2) is 16.9 Å². The molecule has 0 bridgehead atoms. The number of hydrogen-bond acceptors (Lipinski definition) is 3. The van der Waals surface area contributed by atoms with Gasteiger partial charge < -0.3 is 5.11 Å². The van der Waals surface area contributed by atoms with Crippen LogP contribution in [0.4, 0.5) is 11.4 Å². The number of hydrogen-bond donors (Lipinski definition) is 1. The van der Waals surface area contributed by atoms with Gasteiger partial charge in [-0.05, 0) is 42.8 Å². The number of amides is 2. The van der Waals surface area contributed by atoms with Gasteiger partial charge in [0.25, 0.3) is 11.8 Å². The van der Waals surface area contributed by atoms with E-state index in [1.54, 1.807) is 18.2 Å². The number of anilines is 2. The fourth-order valence-corrected chi connectivity index (χ4v) is 2.43. The van der Waals surface area contributed by atoms with Crippen molar-refractivity contribution in [2.75, 3.05) is 10.0 Å². The smallest absolute Gasteiger partial charge is 0.258 e. The molecule has 1 fully saturated rings. The van der Waals surface area contributed by atoms with Gasteiger partial charge in [0.2, 0.25) is 0 Å². The maximum absolute atomic E-state index is 13.4. The third kappa shape index (κ3) is 2.85. The van der Waals surface area contributed by atoms with Gasteiger partial charge in [-0.25, -0.2) is 10.0 Å². The summed E-state index contributed by atoms with van der Waals surface area (Å²) < 4.78 is 70.5. The van der Waals surface area contributed by atoms with E-state index in [1.807, 2.05) is 0 Å². The average molecular weight is 333 g/mol. The van der Waals surface area contributed by atoms with Crippen molar-refractivity contribution in [1.82, 2.24) is 0 Å². The zero-order chi connectivity index (χ0) is 25.0. The first-order chi connectivity index (χ1) is 15.1. The van der Waals surface area contributed by atoms with E-state index in [9.17, 15) is 14.7 Å². The third-order valence-corrected chi connectivity index (χ3v) is 3.49. The Balaban J connectivity index is 2.18. The summed E-state index contributed by atoms with van der Waals surface area (Å²) >= 11 is 0. The maximum Gasteiger partial charge on any atom is 0.258 e. The van der Waals surface area contributed by atoms with Gasteiger partial charge in [-0.2, -0.15) is 0 Å². The molecule has 0 radical (unpaired) electrons. The van der Waals surface area contributed by atoms with Crippen molar-refractivity contribution in [3.05, 3.63) is 54.6 Å². The molecule has 2 aromatic carbocycles. The van der Waals surface area contributed by atoms with Gasteiger partial charge in [0.05, 0.1) is 11.4 Å². The number of para-hydroxylation sites is 1. The van der Waals surface area contributed by atoms with Crippen LogP contribution in [0.5, 0.6) is 5.75 Å². The largest absolute Gasteiger partial charge is 0.508 e. The zero-order valence-corrected chi connectivity index (χ0v) is 12.4. The van der Waals surface area contributed by atoms with Gasteiger partial charge >= 0.3 is 0 Å². The molecule has 1 saturated heterocycles. The number of aromatic hydroxyl groups is 1. The molecule has 124 valence electrons. The fraction of sp³-hybridized carbons (Fsp3) is 0.263. The summed E-state index contributed by atoms with van der Waals surface area (Å²) in [5.41, 5.74) is 0.189. The van der Waals surface area contributed by atoms with Gasteiger partial charge in [0, 0.05) is 12.3 Å². The Morgan fingerprint density at radius 1 is 1.00 bits per heavy atom. The average Bonchev–Trinajstić information content (AvgIpc) is 2.98. The van der Waals surface area contributed by atoms with Crippen molar-refractivity contribution < 1.29 is 27.0 Å². The highest BCUT2D eigenvalue weighted by molar-refractivity contribution is 6.23. The van der Waals surface area contributed by atoms with Gasteiger partial charge in [-0.1, -0.05) is 37.8 Å². The van der Waals surface area contributed by atoms with Crippen molar-refractivity contribution >= 4 is 23.2 Å². The molecule has 0 spiro atoms. The van der Waals surface area contributed by atoms with Crippen LogP contribution in [0.15, 0.2) is 54.6 Å². The molecule has 1 aliphatic rings. The van der Waals surface area contributed by atoms with Crippen molar-refractivity contribution in [1.29, 1.82) is 0 Å². The van der Waals surface area contributed by atoms with Gasteiger partial charge in [-0.15, -0.1) is 0 Å². The minimum Gasteiger partial charge on any atom is -0.508 e. The van der Waals surface area contributed by atoms with E-state index in [0.29, 0.717) is 0 Å². The lowest BCUT2D eigenvalue weighted by atomic mass is 10.0. The highest BCUT2D eigenvalue weighted by Gasteiger charge is 2.46. The minimum atomic E-state index is -3.77. The molecule has 1 unspecified atom stereocenters. The van der Waals surface area contributed by atoms with Gasteiger partial charge in [0.15, 0.2) is 0 Å². The molecule has 0 saturated carbocycles. The lowest BCUT2D eigenvalue weighted by Gasteiger charge is -2.27. The summed E-state index contributed by atoms with van der Waals surface area (Å²) in [7, 11) is 0. The summed E-state index contributed by atoms with van der Waals surface area (Å²) in [6, 6.07) is 12.7. The molecule has 2 amide bonds. The first kappa shape index (κ1) is 8.33. The van der Waals surface area contributed by atoms with E-state index in [-0.39, 0.29) is 17.1 Å². The second-order valence-corrected chi connectivity index (χ2v) is 4.98. The molecule has 1 atom stereocenters. The van der Waals surface area contributed by atoms with Gasteiger partial charge in [0.1, 0.15) is 11.7 Å². The van der Waals surface area contributed by atoms with Crippen LogP contribution in [0.2, 0.25) is 0 Å². The number of benzene rings is 2. The Hall–Kier alpha value is -2.82. The van der Waals surface area contributed by atoms with Crippen LogP contribution < -0.4 is 10.0 Å². The van der Waals surface area contributed by atoms with Crippen molar-refractivity contribution in [3.8, 4) is 5.75 Å². The van der Waals surface area contributed by atoms with Crippen molar-refractivity contribution in [2.24, 2.45) is 5.92 Å². The molecular formula is C19H20N2O3. The normalized spacial score (nSPS) is 25.5.